The van der Waals surface area contributed by atoms with Crippen LogP contribution >= 0.6 is 0 Å². The number of likely N-dealkylation sites (N-methyl/N-ethyl adjacent to an activating group) is 1. The number of nitrogens with one attached hydrogen (secondary N) is 1. The van der Waals surface area contributed by atoms with Gasteiger partial charge < -0.3 is 19.4 Å². The quantitative estimate of drug-likeness (QED) is 0.857. The van der Waals surface area contributed by atoms with E-state index in [1.54, 1.807) is 0 Å². The predicted molar refractivity (Wildman–Crippen MR) is 76.1 cm³/mol. The van der Waals surface area contributed by atoms with Crippen LogP contribution in [-0.2, 0) is 17.9 Å². The standard InChI is InChI=1S/C15H26N2O2/c1-12-13(8-15(19-12)9-16-2)10-18-11-14-6-4-5-7-17(14)3/h8,14,16H,4-7,9-11H2,1-3H3. The molecule has 4 heteroatoms. The monoisotopic (exact) mass is 266 g/mol. The molecule has 4 nitrogen and oxygen atoms in total. The van der Waals surface area contributed by atoms with Gasteiger partial charge in [0.1, 0.15) is 11.5 Å². The van der Waals surface area contributed by atoms with Crippen LogP contribution in [-0.4, -0.2) is 38.2 Å². The van der Waals surface area contributed by atoms with E-state index in [1.807, 2.05) is 14.0 Å². The highest BCUT2D eigenvalue weighted by molar-refractivity contribution is 5.19. The molecule has 108 valence electrons. The van der Waals surface area contributed by atoms with Crippen LogP contribution in [0, 0.1) is 6.92 Å². The molecule has 1 unspecified atom stereocenters. The summed E-state index contributed by atoms with van der Waals surface area (Å²) in [5.41, 5.74) is 1.17. The maximum Gasteiger partial charge on any atom is 0.118 e. The van der Waals surface area contributed by atoms with Crippen molar-refractivity contribution >= 4 is 0 Å². The molecule has 2 rings (SSSR count). The van der Waals surface area contributed by atoms with Crippen molar-refractivity contribution in [2.75, 3.05) is 27.2 Å². The minimum atomic E-state index is 0.581. The average Bonchev–Trinajstić information content (AvgIpc) is 2.73. The van der Waals surface area contributed by atoms with Gasteiger partial charge in [0.15, 0.2) is 0 Å². The highest BCUT2D eigenvalue weighted by Gasteiger charge is 2.19. The molecule has 1 aliphatic rings. The van der Waals surface area contributed by atoms with Crippen LogP contribution < -0.4 is 5.32 Å². The normalized spacial score (nSPS) is 20.9. The van der Waals surface area contributed by atoms with E-state index in [2.05, 4.69) is 23.3 Å². The smallest absolute Gasteiger partial charge is 0.118 e. The van der Waals surface area contributed by atoms with Gasteiger partial charge in [0.2, 0.25) is 0 Å². The first kappa shape index (κ1) is 14.6. The van der Waals surface area contributed by atoms with Crippen molar-refractivity contribution in [1.29, 1.82) is 0 Å². The molecule has 0 aliphatic carbocycles. The van der Waals surface area contributed by atoms with Crippen LogP contribution in [0.4, 0.5) is 0 Å². The lowest BCUT2D eigenvalue weighted by Crippen LogP contribution is -2.39. The molecule has 1 atom stereocenters. The summed E-state index contributed by atoms with van der Waals surface area (Å²) >= 11 is 0. The zero-order valence-electron chi connectivity index (χ0n) is 12.4. The Hall–Kier alpha value is -0.840. The van der Waals surface area contributed by atoms with Gasteiger partial charge in [-0.1, -0.05) is 6.42 Å². The third-order valence-electron chi connectivity index (χ3n) is 3.91. The second-order valence-corrected chi connectivity index (χ2v) is 5.47. The Morgan fingerprint density at radius 1 is 1.47 bits per heavy atom. The second-order valence-electron chi connectivity index (χ2n) is 5.47. The number of nitrogens with zero attached hydrogens (tertiary/aromatic N) is 1. The van der Waals surface area contributed by atoms with E-state index in [0.29, 0.717) is 12.6 Å². The van der Waals surface area contributed by atoms with Crippen molar-refractivity contribution < 1.29 is 9.15 Å². The Labute approximate surface area is 116 Å². The van der Waals surface area contributed by atoms with Gasteiger partial charge in [-0.05, 0) is 46.5 Å². The molecule has 1 saturated heterocycles. The van der Waals surface area contributed by atoms with Crippen molar-refractivity contribution in [3.8, 4) is 0 Å². The predicted octanol–water partition coefficient (Wildman–Crippen LogP) is 2.31. The molecule has 1 fully saturated rings. The number of rotatable bonds is 6. The molecule has 19 heavy (non-hydrogen) atoms. The summed E-state index contributed by atoms with van der Waals surface area (Å²) in [5.74, 6) is 1.95. The fourth-order valence-corrected chi connectivity index (χ4v) is 2.65. The summed E-state index contributed by atoms with van der Waals surface area (Å²) in [6, 6.07) is 2.67. The summed E-state index contributed by atoms with van der Waals surface area (Å²) in [6.45, 7) is 5.45. The third-order valence-corrected chi connectivity index (χ3v) is 3.91. The summed E-state index contributed by atoms with van der Waals surface area (Å²) < 4.78 is 11.5. The van der Waals surface area contributed by atoms with Crippen molar-refractivity contribution in [3.05, 3.63) is 23.2 Å². The molecular weight excluding hydrogens is 240 g/mol. The first-order valence-electron chi connectivity index (χ1n) is 7.21. The van der Waals surface area contributed by atoms with Gasteiger partial charge >= 0.3 is 0 Å². The third kappa shape index (κ3) is 4.06. The topological polar surface area (TPSA) is 37.6 Å². The molecule has 0 spiro atoms. The van der Waals surface area contributed by atoms with E-state index in [0.717, 1.165) is 24.7 Å². The summed E-state index contributed by atoms with van der Waals surface area (Å²) in [5, 5.41) is 3.10. The van der Waals surface area contributed by atoms with Gasteiger partial charge in [-0.3, -0.25) is 0 Å². The highest BCUT2D eigenvalue weighted by Crippen LogP contribution is 2.18. The first-order valence-corrected chi connectivity index (χ1v) is 7.21. The maximum absolute atomic E-state index is 5.88. The molecule has 0 bridgehead atoms. The van der Waals surface area contributed by atoms with Crippen molar-refractivity contribution in [3.63, 3.8) is 0 Å². The Balaban J connectivity index is 1.78. The maximum atomic E-state index is 5.88. The van der Waals surface area contributed by atoms with Gasteiger partial charge in [-0.2, -0.15) is 0 Å². The lowest BCUT2D eigenvalue weighted by molar-refractivity contribution is 0.0440. The first-order chi connectivity index (χ1) is 9.20. The molecule has 0 aromatic carbocycles. The van der Waals surface area contributed by atoms with Crippen molar-refractivity contribution in [1.82, 2.24) is 10.2 Å². The molecular formula is C15H26N2O2. The molecule has 0 saturated carbocycles. The van der Waals surface area contributed by atoms with Crippen molar-refractivity contribution in [2.45, 2.75) is 45.4 Å². The van der Waals surface area contributed by atoms with Crippen LogP contribution in [0.25, 0.3) is 0 Å². The molecule has 1 aromatic heterocycles. The van der Waals surface area contributed by atoms with Gasteiger partial charge in [0, 0.05) is 11.6 Å². The molecule has 2 heterocycles. The van der Waals surface area contributed by atoms with Gasteiger partial charge in [0.05, 0.1) is 19.8 Å². The Morgan fingerprint density at radius 2 is 2.32 bits per heavy atom. The fraction of sp³-hybridized carbons (Fsp3) is 0.733. The Bertz CT molecular complexity index is 389. The van der Waals surface area contributed by atoms with Gasteiger partial charge in [-0.15, -0.1) is 0 Å². The minimum Gasteiger partial charge on any atom is -0.465 e. The number of aryl methyl sites for hydroxylation is 1. The van der Waals surface area contributed by atoms with E-state index in [-0.39, 0.29) is 0 Å². The second kappa shape index (κ2) is 7.08. The number of likely N-dealkylation sites (tertiary alicyclic amines) is 1. The van der Waals surface area contributed by atoms with E-state index >= 15 is 0 Å². The van der Waals surface area contributed by atoms with E-state index < -0.39 is 0 Å². The number of furan rings is 1. The zero-order chi connectivity index (χ0) is 13.7. The lowest BCUT2D eigenvalue weighted by atomic mass is 10.0. The number of ether oxygens (including phenoxy) is 1. The van der Waals surface area contributed by atoms with Crippen LogP contribution in [0.2, 0.25) is 0 Å². The summed E-state index contributed by atoms with van der Waals surface area (Å²) in [4.78, 5) is 2.41. The minimum absolute atomic E-state index is 0.581. The molecule has 1 aliphatic heterocycles. The lowest BCUT2D eigenvalue weighted by Gasteiger charge is -2.32. The molecule has 1 aromatic rings. The van der Waals surface area contributed by atoms with Crippen LogP contribution in [0.15, 0.2) is 10.5 Å². The largest absolute Gasteiger partial charge is 0.465 e. The van der Waals surface area contributed by atoms with Crippen LogP contribution in [0.5, 0.6) is 0 Å². The fourth-order valence-electron chi connectivity index (χ4n) is 2.65. The molecule has 0 amide bonds. The van der Waals surface area contributed by atoms with Gasteiger partial charge in [-0.25, -0.2) is 0 Å². The Morgan fingerprint density at radius 3 is 3.05 bits per heavy atom. The molecule has 0 radical (unpaired) electrons. The van der Waals surface area contributed by atoms with E-state index in [4.69, 9.17) is 9.15 Å². The summed E-state index contributed by atoms with van der Waals surface area (Å²) in [6.07, 6.45) is 3.91. The average molecular weight is 266 g/mol. The summed E-state index contributed by atoms with van der Waals surface area (Å²) in [7, 11) is 4.12. The number of piperidine rings is 1. The SMILES string of the molecule is CNCc1cc(COCC2CCCCN2C)c(C)o1. The zero-order valence-corrected chi connectivity index (χ0v) is 12.4. The van der Waals surface area contributed by atoms with Crippen LogP contribution in [0.1, 0.15) is 36.3 Å². The van der Waals surface area contributed by atoms with Gasteiger partial charge in [0.25, 0.3) is 0 Å². The van der Waals surface area contributed by atoms with E-state index in [1.165, 1.54) is 31.4 Å². The highest BCUT2D eigenvalue weighted by atomic mass is 16.5. The number of hydrogen-bond acceptors (Lipinski definition) is 4. The van der Waals surface area contributed by atoms with Crippen molar-refractivity contribution in [2.24, 2.45) is 0 Å². The Kier molecular flexibility index (Phi) is 5.43. The molecule has 1 N–H and O–H groups in total. The van der Waals surface area contributed by atoms with E-state index in [9.17, 15) is 0 Å². The van der Waals surface area contributed by atoms with Crippen LogP contribution in [0.3, 0.4) is 0 Å². The number of hydrogen-bond donors (Lipinski definition) is 1.